The van der Waals surface area contributed by atoms with Crippen LogP contribution in [-0.4, -0.2) is 24.3 Å². The molecule has 0 atom stereocenters. The number of ketones is 1. The van der Waals surface area contributed by atoms with Crippen molar-refractivity contribution in [2.45, 2.75) is 20.3 Å². The summed E-state index contributed by atoms with van der Waals surface area (Å²) in [7, 11) is 0. The smallest absolute Gasteiger partial charge is 0.338 e. The number of rotatable bonds is 6. The Hall–Kier alpha value is -2.95. The molecule has 2 rings (SSSR count). The first-order chi connectivity index (χ1) is 11.5. The quantitative estimate of drug-likeness (QED) is 0.653. The predicted octanol–water partition coefficient (Wildman–Crippen LogP) is 3.38. The summed E-state index contributed by atoms with van der Waals surface area (Å²) in [4.78, 5) is 35.2. The van der Waals surface area contributed by atoms with Gasteiger partial charge in [-0.3, -0.25) is 9.59 Å². The highest BCUT2D eigenvalue weighted by molar-refractivity contribution is 6.00. The van der Waals surface area contributed by atoms with Gasteiger partial charge in [-0.05, 0) is 43.3 Å². The van der Waals surface area contributed by atoms with Crippen LogP contribution in [0.15, 0.2) is 48.5 Å². The average molecular weight is 325 g/mol. The Labute approximate surface area is 140 Å². The molecule has 2 aromatic rings. The van der Waals surface area contributed by atoms with Gasteiger partial charge in [-0.15, -0.1) is 0 Å². The van der Waals surface area contributed by atoms with Gasteiger partial charge >= 0.3 is 5.97 Å². The lowest BCUT2D eigenvalue weighted by Gasteiger charge is -2.06. The maximum Gasteiger partial charge on any atom is 0.338 e. The lowest BCUT2D eigenvalue weighted by atomic mass is 10.1. The molecule has 0 fully saturated rings. The first kappa shape index (κ1) is 17.4. The fraction of sp³-hybridized carbons (Fsp3) is 0.211. The van der Waals surface area contributed by atoms with Crippen molar-refractivity contribution in [1.29, 1.82) is 0 Å². The number of anilines is 1. The number of hydrogen-bond donors (Lipinski definition) is 1. The molecule has 1 N–H and O–H groups in total. The minimum atomic E-state index is -0.532. The highest BCUT2D eigenvalue weighted by Crippen LogP contribution is 2.11. The second-order valence-corrected chi connectivity index (χ2v) is 5.34. The molecule has 0 heterocycles. The van der Waals surface area contributed by atoms with Gasteiger partial charge in [-0.2, -0.15) is 0 Å². The molecule has 24 heavy (non-hydrogen) atoms. The van der Waals surface area contributed by atoms with Crippen molar-refractivity contribution in [2.75, 3.05) is 11.9 Å². The van der Waals surface area contributed by atoms with Crippen molar-refractivity contribution in [3.05, 3.63) is 65.2 Å². The van der Waals surface area contributed by atoms with E-state index in [2.05, 4.69) is 5.32 Å². The second-order valence-electron chi connectivity index (χ2n) is 5.34. The number of benzene rings is 2. The summed E-state index contributed by atoms with van der Waals surface area (Å²) < 4.78 is 5.04. The van der Waals surface area contributed by atoms with Crippen LogP contribution in [0.4, 0.5) is 5.69 Å². The Bertz CT molecular complexity index is 733. The number of Topliss-reactive ketones (excluding diaryl/α,β-unsaturated/α-hetero) is 1. The number of nitrogens with one attached hydrogen (secondary N) is 1. The fourth-order valence-electron chi connectivity index (χ4n) is 1.98. The minimum absolute atomic E-state index is 0.0962. The molecule has 0 spiro atoms. The standard InChI is InChI=1S/C19H19NO4/c1-3-18(22)20-16-10-8-14(9-11-16)17(21)12-24-19(23)15-6-4-13(2)5-7-15/h4-11H,3,12H2,1-2H3,(H,20,22). The Morgan fingerprint density at radius 2 is 1.50 bits per heavy atom. The molecule has 2 aromatic carbocycles. The number of amides is 1. The number of esters is 1. The topological polar surface area (TPSA) is 72.5 Å². The number of aryl methyl sites for hydroxylation is 1. The maximum atomic E-state index is 12.1. The van der Waals surface area contributed by atoms with Gasteiger partial charge in [-0.25, -0.2) is 4.79 Å². The third kappa shape index (κ3) is 4.78. The summed E-state index contributed by atoms with van der Waals surface area (Å²) in [5, 5.41) is 2.70. The lowest BCUT2D eigenvalue weighted by molar-refractivity contribution is -0.115. The number of carbonyl (C=O) groups is 3. The molecule has 0 aliphatic carbocycles. The van der Waals surface area contributed by atoms with E-state index in [-0.39, 0.29) is 18.3 Å². The van der Waals surface area contributed by atoms with Crippen LogP contribution in [0.5, 0.6) is 0 Å². The van der Waals surface area contributed by atoms with E-state index in [0.717, 1.165) is 5.56 Å². The minimum Gasteiger partial charge on any atom is -0.454 e. The van der Waals surface area contributed by atoms with Gasteiger partial charge in [0.25, 0.3) is 0 Å². The molecule has 124 valence electrons. The Kier molecular flexibility index (Phi) is 5.84. The van der Waals surface area contributed by atoms with E-state index in [4.69, 9.17) is 4.74 Å². The molecule has 0 unspecified atom stereocenters. The van der Waals surface area contributed by atoms with E-state index in [1.54, 1.807) is 43.3 Å². The van der Waals surface area contributed by atoms with E-state index in [1.807, 2.05) is 19.1 Å². The Morgan fingerprint density at radius 3 is 2.08 bits per heavy atom. The molecule has 1 amide bonds. The zero-order valence-electron chi connectivity index (χ0n) is 13.7. The van der Waals surface area contributed by atoms with Gasteiger partial charge < -0.3 is 10.1 Å². The van der Waals surface area contributed by atoms with Gasteiger partial charge in [0.05, 0.1) is 5.56 Å². The summed E-state index contributed by atoms with van der Waals surface area (Å²) in [5.74, 6) is -0.930. The molecular formula is C19H19NO4. The third-order valence-corrected chi connectivity index (χ3v) is 3.43. The SMILES string of the molecule is CCC(=O)Nc1ccc(C(=O)COC(=O)c2ccc(C)cc2)cc1. The first-order valence-corrected chi connectivity index (χ1v) is 7.66. The molecule has 0 aromatic heterocycles. The monoisotopic (exact) mass is 325 g/mol. The third-order valence-electron chi connectivity index (χ3n) is 3.43. The largest absolute Gasteiger partial charge is 0.454 e. The van der Waals surface area contributed by atoms with Gasteiger partial charge in [0, 0.05) is 17.7 Å². The van der Waals surface area contributed by atoms with E-state index in [1.165, 1.54) is 0 Å². The number of hydrogen-bond acceptors (Lipinski definition) is 4. The summed E-state index contributed by atoms with van der Waals surface area (Å²) in [6, 6.07) is 13.4. The molecular weight excluding hydrogens is 306 g/mol. The van der Waals surface area contributed by atoms with Crippen LogP contribution in [0.3, 0.4) is 0 Å². The van der Waals surface area contributed by atoms with Crippen molar-refractivity contribution in [1.82, 2.24) is 0 Å². The van der Waals surface area contributed by atoms with Crippen LogP contribution in [0, 0.1) is 6.92 Å². The molecule has 0 radical (unpaired) electrons. The van der Waals surface area contributed by atoms with Crippen molar-refractivity contribution >= 4 is 23.3 Å². The number of ether oxygens (including phenoxy) is 1. The van der Waals surface area contributed by atoms with Crippen LogP contribution in [0.1, 0.15) is 39.6 Å². The maximum absolute atomic E-state index is 12.1. The zero-order chi connectivity index (χ0) is 17.5. The predicted molar refractivity (Wildman–Crippen MR) is 91.2 cm³/mol. The van der Waals surface area contributed by atoms with E-state index >= 15 is 0 Å². The molecule has 5 nitrogen and oxygen atoms in total. The van der Waals surface area contributed by atoms with Crippen LogP contribution < -0.4 is 5.32 Å². The van der Waals surface area contributed by atoms with Crippen LogP contribution >= 0.6 is 0 Å². The molecule has 5 heteroatoms. The van der Waals surface area contributed by atoms with E-state index in [0.29, 0.717) is 23.2 Å². The number of carbonyl (C=O) groups excluding carboxylic acids is 3. The summed E-state index contributed by atoms with van der Waals surface area (Å²) in [6.07, 6.45) is 0.385. The molecule has 0 aliphatic heterocycles. The van der Waals surface area contributed by atoms with Crippen LogP contribution in [0.2, 0.25) is 0 Å². The van der Waals surface area contributed by atoms with Crippen LogP contribution in [-0.2, 0) is 9.53 Å². The molecule has 0 saturated heterocycles. The summed E-state index contributed by atoms with van der Waals surface area (Å²) in [5.41, 5.74) is 2.49. The molecule has 0 saturated carbocycles. The molecule has 0 bridgehead atoms. The Balaban J connectivity index is 1.91. The van der Waals surface area contributed by atoms with Crippen molar-refractivity contribution in [2.24, 2.45) is 0 Å². The Morgan fingerprint density at radius 1 is 0.917 bits per heavy atom. The lowest BCUT2D eigenvalue weighted by Crippen LogP contribution is -2.14. The van der Waals surface area contributed by atoms with Crippen LogP contribution in [0.25, 0.3) is 0 Å². The van der Waals surface area contributed by atoms with Crippen molar-refractivity contribution in [3.8, 4) is 0 Å². The normalized spacial score (nSPS) is 10.1. The van der Waals surface area contributed by atoms with Crippen molar-refractivity contribution in [3.63, 3.8) is 0 Å². The van der Waals surface area contributed by atoms with E-state index in [9.17, 15) is 14.4 Å². The van der Waals surface area contributed by atoms with Gasteiger partial charge in [-0.1, -0.05) is 24.6 Å². The van der Waals surface area contributed by atoms with E-state index < -0.39 is 5.97 Å². The average Bonchev–Trinajstić information content (AvgIpc) is 2.60. The zero-order valence-corrected chi connectivity index (χ0v) is 13.7. The highest BCUT2D eigenvalue weighted by Gasteiger charge is 2.12. The highest BCUT2D eigenvalue weighted by atomic mass is 16.5. The van der Waals surface area contributed by atoms with Crippen molar-refractivity contribution < 1.29 is 19.1 Å². The second kappa shape index (κ2) is 8.06. The van der Waals surface area contributed by atoms with Gasteiger partial charge in [0.2, 0.25) is 5.91 Å². The first-order valence-electron chi connectivity index (χ1n) is 7.66. The van der Waals surface area contributed by atoms with Gasteiger partial charge in [0.1, 0.15) is 0 Å². The van der Waals surface area contributed by atoms with Gasteiger partial charge in [0.15, 0.2) is 12.4 Å². The summed E-state index contributed by atoms with van der Waals surface area (Å²) >= 11 is 0. The fourth-order valence-corrected chi connectivity index (χ4v) is 1.98. The summed E-state index contributed by atoms with van der Waals surface area (Å²) in [6.45, 7) is 3.36. The molecule has 0 aliphatic rings.